The van der Waals surface area contributed by atoms with E-state index >= 15 is 0 Å². The molecular weight excluding hydrogens is 455 g/mol. The number of benzene rings is 2. The molecule has 8 heteroatoms. The van der Waals surface area contributed by atoms with E-state index in [2.05, 4.69) is 4.74 Å². The summed E-state index contributed by atoms with van der Waals surface area (Å²) in [5, 5.41) is 6.81. The van der Waals surface area contributed by atoms with Crippen LogP contribution in [0.25, 0.3) is 0 Å². The highest BCUT2D eigenvalue weighted by Crippen LogP contribution is 2.37. The van der Waals surface area contributed by atoms with E-state index in [9.17, 15) is 18.0 Å². The molecule has 2 aromatic rings. The van der Waals surface area contributed by atoms with Gasteiger partial charge in [-0.25, -0.2) is 0 Å². The molecule has 0 radical (unpaired) electrons. The number of rotatable bonds is 6. The number of carbonyl (C=O) groups excluding carboxylic acids is 1. The number of halogens is 3. The second-order valence-corrected chi connectivity index (χ2v) is 9.58. The van der Waals surface area contributed by atoms with Crippen LogP contribution in [0, 0.1) is 11.8 Å². The molecule has 2 atom stereocenters. The molecule has 35 heavy (non-hydrogen) atoms. The third kappa shape index (κ3) is 6.99. The lowest BCUT2D eigenvalue weighted by molar-refractivity contribution is -0.274. The van der Waals surface area contributed by atoms with Crippen molar-refractivity contribution in [2.24, 2.45) is 22.7 Å². The van der Waals surface area contributed by atoms with Crippen molar-refractivity contribution in [2.45, 2.75) is 70.2 Å². The lowest BCUT2D eigenvalue weighted by Gasteiger charge is -2.40. The van der Waals surface area contributed by atoms with Gasteiger partial charge in [0.1, 0.15) is 5.75 Å². The molecule has 1 fully saturated rings. The summed E-state index contributed by atoms with van der Waals surface area (Å²) in [7, 11) is 0. The van der Waals surface area contributed by atoms with Gasteiger partial charge in [0.15, 0.2) is 0 Å². The zero-order valence-electron chi connectivity index (χ0n) is 19.7. The van der Waals surface area contributed by atoms with E-state index in [4.69, 9.17) is 10.8 Å². The summed E-state index contributed by atoms with van der Waals surface area (Å²) in [5.74, 6) is 0.0250. The molecule has 4 rings (SSSR count). The predicted octanol–water partition coefficient (Wildman–Crippen LogP) is 6.47. The Morgan fingerprint density at radius 2 is 1.60 bits per heavy atom. The van der Waals surface area contributed by atoms with Gasteiger partial charge in [0.05, 0.1) is 11.7 Å². The summed E-state index contributed by atoms with van der Waals surface area (Å²) in [6.45, 7) is 0. The SMILES string of the molecule is NC(=O)c1ccc(CC2C=NN(c3ccc(OC(F)(F)F)cc3)C(C3CCCCCCC3)C2)cc1. The van der Waals surface area contributed by atoms with Crippen LogP contribution in [0.3, 0.4) is 0 Å². The number of hydrazone groups is 1. The van der Waals surface area contributed by atoms with Crippen LogP contribution in [0.2, 0.25) is 0 Å². The average Bonchev–Trinajstić information content (AvgIpc) is 2.79. The van der Waals surface area contributed by atoms with Crippen molar-refractivity contribution in [1.82, 2.24) is 0 Å². The molecule has 2 aromatic carbocycles. The van der Waals surface area contributed by atoms with Crippen molar-refractivity contribution < 1.29 is 22.7 Å². The molecule has 2 unspecified atom stereocenters. The monoisotopic (exact) mass is 487 g/mol. The Morgan fingerprint density at radius 1 is 0.971 bits per heavy atom. The summed E-state index contributed by atoms with van der Waals surface area (Å²) in [6.07, 6.45) is 7.35. The van der Waals surface area contributed by atoms with Crippen LogP contribution in [0.5, 0.6) is 5.75 Å². The third-order valence-corrected chi connectivity index (χ3v) is 7.03. The standard InChI is InChI=1S/C27H32F3N3O2/c28-27(29,30)35-24-14-12-23(13-15-24)33-25(21-6-4-2-1-3-5-7-21)17-20(18-32-33)16-19-8-10-22(11-9-19)26(31)34/h8-15,18,20-21,25H,1-7,16-17H2,(H2,31,34). The fraction of sp³-hybridized carbons (Fsp3) is 0.481. The van der Waals surface area contributed by atoms with Gasteiger partial charge in [-0.1, -0.05) is 44.2 Å². The van der Waals surface area contributed by atoms with Gasteiger partial charge in [0, 0.05) is 17.7 Å². The number of primary amides is 1. The van der Waals surface area contributed by atoms with Gasteiger partial charge in [-0.3, -0.25) is 9.80 Å². The van der Waals surface area contributed by atoms with Gasteiger partial charge < -0.3 is 10.5 Å². The van der Waals surface area contributed by atoms with Crippen molar-refractivity contribution in [1.29, 1.82) is 0 Å². The molecule has 2 N–H and O–H groups in total. The minimum absolute atomic E-state index is 0.169. The van der Waals surface area contributed by atoms with Crippen molar-refractivity contribution in [3.05, 3.63) is 59.7 Å². The smallest absolute Gasteiger partial charge is 0.406 e. The summed E-state index contributed by atoms with van der Waals surface area (Å²) in [4.78, 5) is 11.4. The first-order valence-corrected chi connectivity index (χ1v) is 12.4. The molecule has 1 heterocycles. The highest BCUT2D eigenvalue weighted by Gasteiger charge is 2.34. The highest BCUT2D eigenvalue weighted by molar-refractivity contribution is 5.92. The van der Waals surface area contributed by atoms with E-state index < -0.39 is 12.3 Å². The Labute approximate surface area is 204 Å². The maximum atomic E-state index is 12.6. The minimum atomic E-state index is -4.71. The Bertz CT molecular complexity index is 998. The number of ether oxygens (including phenoxy) is 1. The van der Waals surface area contributed by atoms with Gasteiger partial charge in [-0.2, -0.15) is 5.10 Å². The number of anilines is 1. The fourth-order valence-electron chi connectivity index (χ4n) is 5.29. The Morgan fingerprint density at radius 3 is 2.20 bits per heavy atom. The number of hydrogen-bond donors (Lipinski definition) is 1. The fourth-order valence-corrected chi connectivity index (χ4v) is 5.29. The van der Waals surface area contributed by atoms with E-state index in [1.54, 1.807) is 24.3 Å². The summed E-state index contributed by atoms with van der Waals surface area (Å²) in [5.41, 5.74) is 7.73. The number of hydrogen-bond acceptors (Lipinski definition) is 4. The number of amides is 1. The lowest BCUT2D eigenvalue weighted by atomic mass is 9.80. The van der Waals surface area contributed by atoms with Crippen LogP contribution >= 0.6 is 0 Å². The van der Waals surface area contributed by atoms with E-state index in [0.29, 0.717) is 11.5 Å². The molecule has 1 aliphatic carbocycles. The minimum Gasteiger partial charge on any atom is -0.406 e. The maximum Gasteiger partial charge on any atom is 0.573 e. The number of alkyl halides is 3. The molecule has 0 saturated heterocycles. The zero-order valence-corrected chi connectivity index (χ0v) is 19.7. The number of carbonyl (C=O) groups is 1. The highest BCUT2D eigenvalue weighted by atomic mass is 19.4. The van der Waals surface area contributed by atoms with Crippen molar-refractivity contribution in [3.63, 3.8) is 0 Å². The third-order valence-electron chi connectivity index (χ3n) is 7.03. The summed E-state index contributed by atoms with van der Waals surface area (Å²) >= 11 is 0. The molecule has 1 saturated carbocycles. The molecule has 0 spiro atoms. The predicted molar refractivity (Wildman–Crippen MR) is 130 cm³/mol. The van der Waals surface area contributed by atoms with Gasteiger partial charge in [-0.05, 0) is 73.6 Å². The zero-order chi connectivity index (χ0) is 24.8. The number of nitrogens with zero attached hydrogens (tertiary/aromatic N) is 2. The van der Waals surface area contributed by atoms with E-state index in [1.807, 2.05) is 23.4 Å². The van der Waals surface area contributed by atoms with Gasteiger partial charge in [0.25, 0.3) is 0 Å². The van der Waals surface area contributed by atoms with Crippen LogP contribution in [-0.2, 0) is 6.42 Å². The average molecular weight is 488 g/mol. The van der Waals surface area contributed by atoms with E-state index in [-0.39, 0.29) is 17.7 Å². The lowest BCUT2D eigenvalue weighted by Crippen LogP contribution is -2.43. The van der Waals surface area contributed by atoms with Crippen LogP contribution in [-0.4, -0.2) is 24.5 Å². The summed E-state index contributed by atoms with van der Waals surface area (Å²) < 4.78 is 41.8. The van der Waals surface area contributed by atoms with Crippen molar-refractivity contribution in [3.8, 4) is 5.75 Å². The Kier molecular flexibility index (Phi) is 7.98. The van der Waals surface area contributed by atoms with Crippen LogP contribution in [0.15, 0.2) is 53.6 Å². The molecule has 1 amide bonds. The largest absolute Gasteiger partial charge is 0.573 e. The second-order valence-electron chi connectivity index (χ2n) is 9.58. The van der Waals surface area contributed by atoms with Gasteiger partial charge >= 0.3 is 6.36 Å². The van der Waals surface area contributed by atoms with Gasteiger partial charge in [0.2, 0.25) is 5.91 Å². The van der Waals surface area contributed by atoms with Crippen molar-refractivity contribution >= 4 is 17.8 Å². The van der Waals surface area contributed by atoms with E-state index in [1.165, 1.54) is 44.2 Å². The molecule has 5 nitrogen and oxygen atoms in total. The number of nitrogens with two attached hydrogens (primary N) is 1. The molecule has 0 bridgehead atoms. The van der Waals surface area contributed by atoms with E-state index in [0.717, 1.165) is 36.9 Å². The normalized spacial score (nSPS) is 21.9. The molecule has 1 aliphatic heterocycles. The van der Waals surface area contributed by atoms with Crippen LogP contribution < -0.4 is 15.5 Å². The first-order valence-electron chi connectivity index (χ1n) is 12.4. The molecular formula is C27H32F3N3O2. The topological polar surface area (TPSA) is 67.9 Å². The maximum absolute atomic E-state index is 12.6. The van der Waals surface area contributed by atoms with Crippen LogP contribution in [0.4, 0.5) is 18.9 Å². The quantitative estimate of drug-likeness (QED) is 0.508. The summed E-state index contributed by atoms with van der Waals surface area (Å²) in [6, 6.07) is 13.5. The first kappa shape index (κ1) is 25.1. The van der Waals surface area contributed by atoms with Crippen LogP contribution in [0.1, 0.15) is 67.3 Å². The van der Waals surface area contributed by atoms with Crippen molar-refractivity contribution in [2.75, 3.05) is 5.01 Å². The molecule has 188 valence electrons. The second kappa shape index (κ2) is 11.1. The van der Waals surface area contributed by atoms with Gasteiger partial charge in [-0.15, -0.1) is 13.2 Å². The molecule has 0 aromatic heterocycles. The Balaban J connectivity index is 1.54. The molecule has 2 aliphatic rings. The Hall–Kier alpha value is -3.03. The first-order chi connectivity index (χ1) is 16.8.